The van der Waals surface area contributed by atoms with E-state index in [4.69, 9.17) is 4.74 Å². The SMILES string of the molecule is CC[C@H]1C[C@@H](O)CCN1C(=O)c1ccc(OC)c(O)c1. The molecule has 1 aromatic rings. The summed E-state index contributed by atoms with van der Waals surface area (Å²) >= 11 is 0. The van der Waals surface area contributed by atoms with Crippen LogP contribution in [0, 0.1) is 0 Å². The number of ether oxygens (including phenoxy) is 1. The van der Waals surface area contributed by atoms with Gasteiger partial charge in [-0.05, 0) is 37.5 Å². The number of aliphatic hydroxyl groups is 1. The predicted octanol–water partition coefficient (Wildman–Crippen LogP) is 1.78. The molecule has 20 heavy (non-hydrogen) atoms. The minimum atomic E-state index is -0.326. The first-order chi connectivity index (χ1) is 9.56. The van der Waals surface area contributed by atoms with Crippen LogP contribution in [-0.2, 0) is 0 Å². The molecule has 0 aromatic heterocycles. The summed E-state index contributed by atoms with van der Waals surface area (Å²) in [6.07, 6.45) is 1.70. The number of hydrogen-bond donors (Lipinski definition) is 2. The topological polar surface area (TPSA) is 70.0 Å². The lowest BCUT2D eigenvalue weighted by atomic mass is 9.96. The zero-order valence-corrected chi connectivity index (χ0v) is 11.9. The molecule has 0 unspecified atom stereocenters. The molecule has 2 rings (SSSR count). The van der Waals surface area contributed by atoms with Gasteiger partial charge in [-0.3, -0.25) is 4.79 Å². The van der Waals surface area contributed by atoms with Crippen LogP contribution in [0.1, 0.15) is 36.5 Å². The van der Waals surface area contributed by atoms with Gasteiger partial charge in [0.2, 0.25) is 0 Å². The Hall–Kier alpha value is -1.75. The van der Waals surface area contributed by atoms with Crippen LogP contribution >= 0.6 is 0 Å². The molecule has 5 nitrogen and oxygen atoms in total. The monoisotopic (exact) mass is 279 g/mol. The van der Waals surface area contributed by atoms with Crippen LogP contribution in [0.3, 0.4) is 0 Å². The van der Waals surface area contributed by atoms with Gasteiger partial charge in [-0.25, -0.2) is 0 Å². The fraction of sp³-hybridized carbons (Fsp3) is 0.533. The van der Waals surface area contributed by atoms with Crippen molar-refractivity contribution in [2.75, 3.05) is 13.7 Å². The number of nitrogens with zero attached hydrogens (tertiary/aromatic N) is 1. The molecule has 5 heteroatoms. The van der Waals surface area contributed by atoms with Gasteiger partial charge in [-0.1, -0.05) is 6.92 Å². The lowest BCUT2D eigenvalue weighted by Crippen LogP contribution is -2.47. The molecular formula is C15H21NO4. The quantitative estimate of drug-likeness (QED) is 0.884. The number of likely N-dealkylation sites (tertiary alicyclic amines) is 1. The lowest BCUT2D eigenvalue weighted by Gasteiger charge is -2.37. The Morgan fingerprint density at radius 2 is 2.25 bits per heavy atom. The first-order valence-electron chi connectivity index (χ1n) is 6.92. The average Bonchev–Trinajstić information content (AvgIpc) is 2.46. The number of phenolic OH excluding ortho intramolecular Hbond substituents is 1. The highest BCUT2D eigenvalue weighted by atomic mass is 16.5. The van der Waals surface area contributed by atoms with Gasteiger partial charge in [0.1, 0.15) is 0 Å². The Balaban J connectivity index is 2.19. The van der Waals surface area contributed by atoms with E-state index in [1.54, 1.807) is 17.0 Å². The van der Waals surface area contributed by atoms with Crippen LogP contribution in [0.4, 0.5) is 0 Å². The molecule has 1 aromatic carbocycles. The number of aliphatic hydroxyl groups excluding tert-OH is 1. The van der Waals surface area contributed by atoms with Gasteiger partial charge in [0.05, 0.1) is 13.2 Å². The normalized spacial score (nSPS) is 22.6. The minimum absolute atomic E-state index is 0.0385. The van der Waals surface area contributed by atoms with Crippen LogP contribution in [0.2, 0.25) is 0 Å². The summed E-state index contributed by atoms with van der Waals surface area (Å²) in [5, 5.41) is 19.5. The number of carbonyl (C=O) groups is 1. The third kappa shape index (κ3) is 2.88. The molecule has 1 heterocycles. The Labute approximate surface area is 118 Å². The van der Waals surface area contributed by atoms with Crippen molar-refractivity contribution in [3.05, 3.63) is 23.8 Å². The van der Waals surface area contributed by atoms with E-state index in [0.717, 1.165) is 6.42 Å². The van der Waals surface area contributed by atoms with E-state index in [2.05, 4.69) is 0 Å². The fourth-order valence-corrected chi connectivity index (χ4v) is 2.67. The molecule has 1 aliphatic rings. The third-order valence-corrected chi connectivity index (χ3v) is 3.85. The van der Waals surface area contributed by atoms with Crippen LogP contribution in [0.15, 0.2) is 18.2 Å². The van der Waals surface area contributed by atoms with Gasteiger partial charge in [0.15, 0.2) is 11.5 Å². The largest absolute Gasteiger partial charge is 0.504 e. The third-order valence-electron chi connectivity index (χ3n) is 3.85. The maximum atomic E-state index is 12.5. The molecule has 1 aliphatic heterocycles. The predicted molar refractivity (Wildman–Crippen MR) is 75.0 cm³/mol. The average molecular weight is 279 g/mol. The number of rotatable bonds is 3. The highest BCUT2D eigenvalue weighted by Gasteiger charge is 2.30. The molecule has 0 aliphatic carbocycles. The van der Waals surface area contributed by atoms with E-state index in [0.29, 0.717) is 30.7 Å². The first kappa shape index (κ1) is 14.7. The lowest BCUT2D eigenvalue weighted by molar-refractivity contribution is 0.0314. The second-order valence-corrected chi connectivity index (χ2v) is 5.13. The molecule has 0 spiro atoms. The van der Waals surface area contributed by atoms with Crippen molar-refractivity contribution in [2.45, 2.75) is 38.3 Å². The van der Waals surface area contributed by atoms with Gasteiger partial charge in [-0.15, -0.1) is 0 Å². The van der Waals surface area contributed by atoms with Crippen LogP contribution < -0.4 is 4.74 Å². The van der Waals surface area contributed by atoms with Crippen molar-refractivity contribution in [1.29, 1.82) is 0 Å². The number of amides is 1. The van der Waals surface area contributed by atoms with Gasteiger partial charge in [0.25, 0.3) is 5.91 Å². The van der Waals surface area contributed by atoms with Crippen molar-refractivity contribution in [2.24, 2.45) is 0 Å². The van der Waals surface area contributed by atoms with Gasteiger partial charge < -0.3 is 19.8 Å². The van der Waals surface area contributed by atoms with Crippen LogP contribution in [-0.4, -0.2) is 46.8 Å². The second-order valence-electron chi connectivity index (χ2n) is 5.13. The molecule has 0 radical (unpaired) electrons. The maximum absolute atomic E-state index is 12.5. The number of hydrogen-bond acceptors (Lipinski definition) is 4. The summed E-state index contributed by atoms with van der Waals surface area (Å²) in [5.74, 6) is 0.202. The number of phenols is 1. The highest BCUT2D eigenvalue weighted by molar-refractivity contribution is 5.95. The number of methoxy groups -OCH3 is 1. The van der Waals surface area contributed by atoms with E-state index in [1.807, 2.05) is 6.92 Å². The number of carbonyl (C=O) groups excluding carboxylic acids is 1. The molecule has 0 saturated carbocycles. The number of aromatic hydroxyl groups is 1. The van der Waals surface area contributed by atoms with Gasteiger partial charge in [-0.2, -0.15) is 0 Å². The zero-order valence-electron chi connectivity index (χ0n) is 11.9. The Kier molecular flexibility index (Phi) is 4.49. The van der Waals surface area contributed by atoms with E-state index in [9.17, 15) is 15.0 Å². The Bertz CT molecular complexity index is 489. The zero-order chi connectivity index (χ0) is 14.7. The summed E-state index contributed by atoms with van der Waals surface area (Å²) in [6.45, 7) is 2.56. The van der Waals surface area contributed by atoms with E-state index >= 15 is 0 Å². The standard InChI is InChI=1S/C15H21NO4/c1-3-11-9-12(17)6-7-16(11)15(19)10-4-5-14(20-2)13(18)8-10/h4-5,8,11-12,17-18H,3,6-7,9H2,1-2H3/t11-,12-/m0/s1. The van der Waals surface area contributed by atoms with Crippen molar-refractivity contribution < 1.29 is 19.7 Å². The second kappa shape index (κ2) is 6.13. The summed E-state index contributed by atoms with van der Waals surface area (Å²) in [7, 11) is 1.47. The molecule has 1 saturated heterocycles. The minimum Gasteiger partial charge on any atom is -0.504 e. The van der Waals surface area contributed by atoms with E-state index < -0.39 is 0 Å². The van der Waals surface area contributed by atoms with E-state index in [-0.39, 0.29) is 23.8 Å². The molecule has 2 atom stereocenters. The number of benzene rings is 1. The Morgan fingerprint density at radius 3 is 2.85 bits per heavy atom. The molecule has 1 amide bonds. The summed E-state index contributed by atoms with van der Waals surface area (Å²) in [4.78, 5) is 14.3. The Morgan fingerprint density at radius 1 is 1.50 bits per heavy atom. The van der Waals surface area contributed by atoms with E-state index in [1.165, 1.54) is 13.2 Å². The van der Waals surface area contributed by atoms with Crippen molar-refractivity contribution in [3.8, 4) is 11.5 Å². The fourth-order valence-electron chi connectivity index (χ4n) is 2.67. The van der Waals surface area contributed by atoms with Crippen LogP contribution in [0.25, 0.3) is 0 Å². The van der Waals surface area contributed by atoms with Crippen molar-refractivity contribution in [1.82, 2.24) is 4.90 Å². The summed E-state index contributed by atoms with van der Waals surface area (Å²) in [5.41, 5.74) is 0.443. The van der Waals surface area contributed by atoms with Crippen LogP contribution in [0.5, 0.6) is 11.5 Å². The molecule has 0 bridgehead atoms. The van der Waals surface area contributed by atoms with Crippen molar-refractivity contribution in [3.63, 3.8) is 0 Å². The van der Waals surface area contributed by atoms with Gasteiger partial charge >= 0.3 is 0 Å². The molecular weight excluding hydrogens is 258 g/mol. The van der Waals surface area contributed by atoms with Crippen molar-refractivity contribution >= 4 is 5.91 Å². The van der Waals surface area contributed by atoms with Gasteiger partial charge in [0, 0.05) is 18.2 Å². The highest BCUT2D eigenvalue weighted by Crippen LogP contribution is 2.28. The number of piperidine rings is 1. The molecule has 110 valence electrons. The summed E-state index contributed by atoms with van der Waals surface area (Å²) in [6, 6.07) is 4.72. The summed E-state index contributed by atoms with van der Waals surface area (Å²) < 4.78 is 4.97. The smallest absolute Gasteiger partial charge is 0.254 e. The molecule has 2 N–H and O–H groups in total. The first-order valence-corrected chi connectivity index (χ1v) is 6.92. The molecule has 1 fully saturated rings. The maximum Gasteiger partial charge on any atom is 0.254 e.